The van der Waals surface area contributed by atoms with Crippen LogP contribution in [0, 0.1) is 11.8 Å². The number of aliphatic hydroxyl groups excluding tert-OH is 1. The van der Waals surface area contributed by atoms with Gasteiger partial charge in [0.25, 0.3) is 0 Å². The molecule has 7 nitrogen and oxygen atoms in total. The van der Waals surface area contributed by atoms with E-state index in [0.717, 1.165) is 0 Å². The molecule has 0 aromatic heterocycles. The van der Waals surface area contributed by atoms with Crippen LogP contribution in [-0.4, -0.2) is 64.7 Å². The summed E-state index contributed by atoms with van der Waals surface area (Å²) in [5.41, 5.74) is 0. The Hall–Kier alpha value is -1.84. The normalized spacial score (nSPS) is 20.8. The van der Waals surface area contributed by atoms with Crippen molar-refractivity contribution in [3.63, 3.8) is 0 Å². The van der Waals surface area contributed by atoms with Gasteiger partial charge in [-0.05, 0) is 24.7 Å². The van der Waals surface area contributed by atoms with Crippen LogP contribution in [0.25, 0.3) is 0 Å². The standard InChI is InChI=1S/C18H30F3N3O4/c1-9(2)13(15(26)18(19,20)21)23-16(27)12-7-6-8-24(12)17(28)14(10(3)4)22-11(5)25/h9-10,12-15,26H,6-8H2,1-5H3,(H,22,25)(H,23,27)/t12-,13?,14-,15?/m0/s1. The van der Waals surface area contributed by atoms with E-state index in [9.17, 15) is 32.7 Å². The van der Waals surface area contributed by atoms with E-state index in [1.165, 1.54) is 25.7 Å². The molecule has 1 aliphatic heterocycles. The molecule has 2 unspecified atom stereocenters. The van der Waals surface area contributed by atoms with Crippen LogP contribution in [0.4, 0.5) is 13.2 Å². The number of nitrogens with zero attached hydrogens (tertiary/aromatic N) is 1. The number of rotatable bonds is 7. The Balaban J connectivity index is 2.96. The topological polar surface area (TPSA) is 98.7 Å². The van der Waals surface area contributed by atoms with E-state index in [1.54, 1.807) is 13.8 Å². The molecule has 162 valence electrons. The minimum atomic E-state index is -4.87. The van der Waals surface area contributed by atoms with Gasteiger partial charge in [0.15, 0.2) is 6.10 Å². The largest absolute Gasteiger partial charge is 0.416 e. The molecule has 0 saturated carbocycles. The fourth-order valence-corrected chi connectivity index (χ4v) is 3.29. The summed E-state index contributed by atoms with van der Waals surface area (Å²) in [4.78, 5) is 38.2. The predicted octanol–water partition coefficient (Wildman–Crippen LogP) is 1.20. The van der Waals surface area contributed by atoms with Gasteiger partial charge >= 0.3 is 6.18 Å². The number of likely N-dealkylation sites (tertiary alicyclic amines) is 1. The lowest BCUT2D eigenvalue weighted by Crippen LogP contribution is -2.59. The highest BCUT2D eigenvalue weighted by molar-refractivity contribution is 5.92. The second-order valence-corrected chi connectivity index (χ2v) is 7.88. The Labute approximate surface area is 163 Å². The van der Waals surface area contributed by atoms with Crippen LogP contribution in [-0.2, 0) is 14.4 Å². The molecule has 1 aliphatic rings. The number of alkyl halides is 3. The van der Waals surface area contributed by atoms with E-state index < -0.39 is 48.1 Å². The van der Waals surface area contributed by atoms with Gasteiger partial charge in [0.05, 0.1) is 6.04 Å². The van der Waals surface area contributed by atoms with Gasteiger partial charge in [-0.2, -0.15) is 13.2 Å². The summed E-state index contributed by atoms with van der Waals surface area (Å²) < 4.78 is 38.7. The predicted molar refractivity (Wildman–Crippen MR) is 96.0 cm³/mol. The first-order valence-electron chi connectivity index (χ1n) is 9.40. The van der Waals surface area contributed by atoms with Crippen molar-refractivity contribution in [2.75, 3.05) is 6.54 Å². The summed E-state index contributed by atoms with van der Waals surface area (Å²) in [5.74, 6) is -2.47. The number of amides is 3. The smallest absolute Gasteiger partial charge is 0.382 e. The minimum Gasteiger partial charge on any atom is -0.382 e. The van der Waals surface area contributed by atoms with Crippen molar-refractivity contribution in [3.8, 4) is 0 Å². The third-order valence-electron chi connectivity index (χ3n) is 4.83. The third-order valence-corrected chi connectivity index (χ3v) is 4.83. The molecule has 0 bridgehead atoms. The lowest BCUT2D eigenvalue weighted by atomic mass is 9.97. The zero-order valence-electron chi connectivity index (χ0n) is 16.8. The molecule has 28 heavy (non-hydrogen) atoms. The fourth-order valence-electron chi connectivity index (χ4n) is 3.29. The SMILES string of the molecule is CC(=O)N[C@H](C(=O)N1CCC[C@H]1C(=O)NC(C(C)C)C(O)C(F)(F)F)C(C)C. The van der Waals surface area contributed by atoms with Gasteiger partial charge < -0.3 is 20.6 Å². The average Bonchev–Trinajstić information content (AvgIpc) is 3.04. The lowest BCUT2D eigenvalue weighted by Gasteiger charge is -2.33. The lowest BCUT2D eigenvalue weighted by molar-refractivity contribution is -0.215. The summed E-state index contributed by atoms with van der Waals surface area (Å²) >= 11 is 0. The molecular formula is C18H30F3N3O4. The van der Waals surface area contributed by atoms with Gasteiger partial charge in [-0.1, -0.05) is 27.7 Å². The Kier molecular flexibility index (Phi) is 8.28. The second-order valence-electron chi connectivity index (χ2n) is 7.88. The zero-order valence-corrected chi connectivity index (χ0v) is 16.8. The molecule has 3 amide bonds. The monoisotopic (exact) mass is 409 g/mol. The molecule has 1 heterocycles. The van der Waals surface area contributed by atoms with Crippen molar-refractivity contribution < 1.29 is 32.7 Å². The van der Waals surface area contributed by atoms with Gasteiger partial charge in [-0.15, -0.1) is 0 Å². The highest BCUT2D eigenvalue weighted by Gasteiger charge is 2.46. The Morgan fingerprint density at radius 1 is 1.07 bits per heavy atom. The molecule has 1 saturated heterocycles. The van der Waals surface area contributed by atoms with Gasteiger partial charge in [-0.25, -0.2) is 0 Å². The Morgan fingerprint density at radius 2 is 1.64 bits per heavy atom. The Bertz CT molecular complexity index is 581. The van der Waals surface area contributed by atoms with Crippen LogP contribution in [0.3, 0.4) is 0 Å². The molecule has 3 N–H and O–H groups in total. The van der Waals surface area contributed by atoms with Crippen molar-refractivity contribution in [2.45, 2.75) is 77.9 Å². The quantitative estimate of drug-likeness (QED) is 0.589. The molecule has 0 aromatic rings. The number of carbonyl (C=O) groups is 3. The van der Waals surface area contributed by atoms with Crippen molar-refractivity contribution in [1.82, 2.24) is 15.5 Å². The first kappa shape index (κ1) is 24.2. The summed E-state index contributed by atoms with van der Waals surface area (Å²) in [5, 5.41) is 14.4. The molecule has 10 heteroatoms. The van der Waals surface area contributed by atoms with E-state index >= 15 is 0 Å². The van der Waals surface area contributed by atoms with Crippen LogP contribution in [0.5, 0.6) is 0 Å². The summed E-state index contributed by atoms with van der Waals surface area (Å²) in [7, 11) is 0. The van der Waals surface area contributed by atoms with Crippen LogP contribution in [0.2, 0.25) is 0 Å². The van der Waals surface area contributed by atoms with Crippen molar-refractivity contribution in [1.29, 1.82) is 0 Å². The molecule has 0 spiro atoms. The van der Waals surface area contributed by atoms with Gasteiger partial charge in [-0.3, -0.25) is 14.4 Å². The second kappa shape index (κ2) is 9.58. The summed E-state index contributed by atoms with van der Waals surface area (Å²) in [6.45, 7) is 7.97. The summed E-state index contributed by atoms with van der Waals surface area (Å²) in [6.07, 6.45) is -6.76. The van der Waals surface area contributed by atoms with Crippen molar-refractivity contribution >= 4 is 17.7 Å². The number of nitrogens with one attached hydrogen (secondary N) is 2. The first-order valence-corrected chi connectivity index (χ1v) is 9.40. The number of carbonyl (C=O) groups excluding carboxylic acids is 3. The number of halogens is 3. The number of aliphatic hydroxyl groups is 1. The molecule has 0 radical (unpaired) electrons. The molecule has 0 aliphatic carbocycles. The first-order chi connectivity index (χ1) is 12.8. The fraction of sp³-hybridized carbons (Fsp3) is 0.833. The van der Waals surface area contributed by atoms with E-state index in [-0.39, 0.29) is 18.4 Å². The molecular weight excluding hydrogens is 379 g/mol. The van der Waals surface area contributed by atoms with Crippen LogP contribution in [0.15, 0.2) is 0 Å². The number of hydrogen-bond donors (Lipinski definition) is 3. The van der Waals surface area contributed by atoms with E-state index in [1.807, 2.05) is 0 Å². The highest BCUT2D eigenvalue weighted by Crippen LogP contribution is 2.26. The average molecular weight is 409 g/mol. The Morgan fingerprint density at radius 3 is 2.07 bits per heavy atom. The van der Waals surface area contributed by atoms with E-state index in [2.05, 4.69) is 10.6 Å². The van der Waals surface area contributed by atoms with Gasteiger partial charge in [0.1, 0.15) is 12.1 Å². The highest BCUT2D eigenvalue weighted by atomic mass is 19.4. The van der Waals surface area contributed by atoms with E-state index in [0.29, 0.717) is 12.8 Å². The van der Waals surface area contributed by atoms with E-state index in [4.69, 9.17) is 0 Å². The third kappa shape index (κ3) is 6.08. The number of hydrogen-bond acceptors (Lipinski definition) is 4. The minimum absolute atomic E-state index is 0.226. The molecule has 1 fully saturated rings. The van der Waals surface area contributed by atoms with Crippen LogP contribution >= 0.6 is 0 Å². The van der Waals surface area contributed by atoms with Gasteiger partial charge in [0, 0.05) is 13.5 Å². The molecule has 0 aromatic carbocycles. The molecule has 4 atom stereocenters. The maximum absolute atomic E-state index is 12.9. The van der Waals surface area contributed by atoms with Crippen molar-refractivity contribution in [3.05, 3.63) is 0 Å². The zero-order chi connectivity index (χ0) is 21.8. The maximum Gasteiger partial charge on any atom is 0.416 e. The van der Waals surface area contributed by atoms with Gasteiger partial charge in [0.2, 0.25) is 17.7 Å². The van der Waals surface area contributed by atoms with Crippen molar-refractivity contribution in [2.24, 2.45) is 11.8 Å². The van der Waals surface area contributed by atoms with Crippen LogP contribution < -0.4 is 10.6 Å². The molecule has 1 rings (SSSR count). The maximum atomic E-state index is 12.9. The summed E-state index contributed by atoms with van der Waals surface area (Å²) in [6, 6.07) is -3.29. The van der Waals surface area contributed by atoms with Crippen LogP contribution in [0.1, 0.15) is 47.5 Å².